The summed E-state index contributed by atoms with van der Waals surface area (Å²) >= 11 is 7.25. The average Bonchev–Trinajstić information content (AvgIpc) is 3.41. The monoisotopic (exact) mass is 506 g/mol. The Morgan fingerprint density at radius 1 is 0.971 bits per heavy atom. The molecule has 2 heterocycles. The van der Waals surface area contributed by atoms with Crippen molar-refractivity contribution in [2.45, 2.75) is 6.04 Å². The van der Waals surface area contributed by atoms with Crippen LogP contribution in [0.1, 0.15) is 17.2 Å². The highest BCUT2D eigenvalue weighted by atomic mass is 35.5. The largest absolute Gasteiger partial charge is 0.507 e. The van der Waals surface area contributed by atoms with Crippen molar-refractivity contribution >= 4 is 55.7 Å². The Bertz CT molecular complexity index is 1480. The molecular weight excluding hydrogens is 488 g/mol. The highest BCUT2D eigenvalue weighted by Gasteiger charge is 2.48. The first-order valence-corrected chi connectivity index (χ1v) is 11.8. The van der Waals surface area contributed by atoms with E-state index in [4.69, 9.17) is 21.1 Å². The summed E-state index contributed by atoms with van der Waals surface area (Å²) < 4.78 is 11.4. The van der Waals surface area contributed by atoms with Crippen LogP contribution in [0.4, 0.5) is 5.13 Å². The lowest BCUT2D eigenvalue weighted by Crippen LogP contribution is -2.29. The molecule has 1 fully saturated rings. The average molecular weight is 507 g/mol. The number of fused-ring (bicyclic) bond motifs is 1. The topological polar surface area (TPSA) is 89.0 Å². The van der Waals surface area contributed by atoms with Gasteiger partial charge in [0.1, 0.15) is 17.3 Å². The van der Waals surface area contributed by atoms with E-state index in [0.29, 0.717) is 38.3 Å². The number of methoxy groups -OCH3 is 2. The fourth-order valence-corrected chi connectivity index (χ4v) is 5.16. The van der Waals surface area contributed by atoms with Gasteiger partial charge in [-0.15, -0.1) is 0 Å². The lowest BCUT2D eigenvalue weighted by molar-refractivity contribution is -0.132. The Balaban J connectivity index is 1.70. The highest BCUT2D eigenvalue weighted by molar-refractivity contribution is 7.22. The number of hydrogen-bond donors (Lipinski definition) is 1. The second kappa shape index (κ2) is 9.05. The maximum absolute atomic E-state index is 13.3. The summed E-state index contributed by atoms with van der Waals surface area (Å²) in [6, 6.07) is 17.9. The van der Waals surface area contributed by atoms with Crippen LogP contribution < -0.4 is 14.4 Å². The maximum Gasteiger partial charge on any atom is 0.301 e. The summed E-state index contributed by atoms with van der Waals surface area (Å²) in [7, 11) is 3.12. The summed E-state index contributed by atoms with van der Waals surface area (Å²) in [4.78, 5) is 32.6. The van der Waals surface area contributed by atoms with Gasteiger partial charge in [0.15, 0.2) is 5.13 Å². The van der Waals surface area contributed by atoms with E-state index in [0.717, 1.165) is 4.70 Å². The van der Waals surface area contributed by atoms with Gasteiger partial charge in [-0.3, -0.25) is 14.5 Å². The summed E-state index contributed by atoms with van der Waals surface area (Å²) in [5.41, 5.74) is 1.63. The van der Waals surface area contributed by atoms with Crippen molar-refractivity contribution in [1.82, 2.24) is 4.98 Å². The number of nitrogens with zero attached hydrogens (tertiary/aromatic N) is 2. The normalized spacial score (nSPS) is 17.2. The van der Waals surface area contributed by atoms with Crippen LogP contribution in [0.3, 0.4) is 0 Å². The first kappa shape index (κ1) is 22.9. The van der Waals surface area contributed by atoms with Gasteiger partial charge < -0.3 is 14.6 Å². The van der Waals surface area contributed by atoms with Crippen molar-refractivity contribution in [1.29, 1.82) is 0 Å². The standard InChI is InChI=1S/C26H19ClN2O5S/c1-33-17-9-5-14(6-10-17)22-21(23(30)15-3-7-16(27)8-4-15)24(31)25(32)29(22)26-28-19-12-11-18(34-2)13-20(19)35-26/h3-13,22,30H,1-2H3/t22-/m1/s1. The zero-order valence-electron chi connectivity index (χ0n) is 18.7. The molecule has 9 heteroatoms. The van der Waals surface area contributed by atoms with Gasteiger partial charge in [0.2, 0.25) is 0 Å². The first-order valence-electron chi connectivity index (χ1n) is 10.6. The van der Waals surface area contributed by atoms with Crippen molar-refractivity contribution in [2.24, 2.45) is 0 Å². The van der Waals surface area contributed by atoms with Gasteiger partial charge in [-0.05, 0) is 60.2 Å². The fraction of sp³-hybridized carbons (Fsp3) is 0.115. The number of ketones is 1. The minimum atomic E-state index is -0.890. The minimum absolute atomic E-state index is 0.0284. The molecule has 0 unspecified atom stereocenters. The number of aliphatic hydroxyl groups excluding tert-OH is 1. The molecule has 5 rings (SSSR count). The number of amides is 1. The van der Waals surface area contributed by atoms with Crippen LogP contribution in [0.15, 0.2) is 72.3 Å². The summed E-state index contributed by atoms with van der Waals surface area (Å²) in [6.07, 6.45) is 0. The molecule has 1 aliphatic rings. The third-order valence-corrected chi connectivity index (χ3v) is 7.05. The quantitative estimate of drug-likeness (QED) is 0.215. The van der Waals surface area contributed by atoms with Gasteiger partial charge in [0.05, 0.1) is 36.1 Å². The van der Waals surface area contributed by atoms with Gasteiger partial charge in [-0.25, -0.2) is 4.98 Å². The molecule has 4 aromatic rings. The molecule has 1 N–H and O–H groups in total. The molecule has 0 saturated carbocycles. The van der Waals surface area contributed by atoms with Crippen LogP contribution in [0.2, 0.25) is 5.02 Å². The van der Waals surface area contributed by atoms with Crippen molar-refractivity contribution in [3.05, 3.63) is 88.5 Å². The van der Waals surface area contributed by atoms with Crippen LogP contribution in [0, 0.1) is 0 Å². The van der Waals surface area contributed by atoms with Crippen LogP contribution >= 0.6 is 22.9 Å². The number of Topliss-reactive ketones (excluding diaryl/α,β-unsaturated/α-hetero) is 1. The SMILES string of the molecule is COc1ccc([C@@H]2C(=C(O)c3ccc(Cl)cc3)C(=O)C(=O)N2c2nc3ccc(OC)cc3s2)cc1. The molecule has 35 heavy (non-hydrogen) atoms. The van der Waals surface area contributed by atoms with E-state index in [1.54, 1.807) is 74.9 Å². The van der Waals surface area contributed by atoms with Gasteiger partial charge in [-0.1, -0.05) is 35.1 Å². The van der Waals surface area contributed by atoms with Crippen molar-refractivity contribution < 1.29 is 24.2 Å². The molecule has 1 aliphatic heterocycles. The van der Waals surface area contributed by atoms with Gasteiger partial charge in [-0.2, -0.15) is 0 Å². The van der Waals surface area contributed by atoms with E-state index in [9.17, 15) is 14.7 Å². The number of benzene rings is 3. The van der Waals surface area contributed by atoms with Crippen molar-refractivity contribution in [2.75, 3.05) is 19.1 Å². The first-order chi connectivity index (χ1) is 16.9. The summed E-state index contributed by atoms with van der Waals surface area (Å²) in [6.45, 7) is 0. The zero-order valence-corrected chi connectivity index (χ0v) is 20.3. The number of hydrogen-bond acceptors (Lipinski definition) is 7. The van der Waals surface area contributed by atoms with Crippen molar-refractivity contribution in [3.8, 4) is 11.5 Å². The molecule has 1 saturated heterocycles. The predicted molar refractivity (Wildman–Crippen MR) is 135 cm³/mol. The number of carbonyl (C=O) groups excluding carboxylic acids is 2. The van der Waals surface area contributed by atoms with Crippen LogP contribution in [-0.2, 0) is 9.59 Å². The molecule has 0 spiro atoms. The molecule has 7 nitrogen and oxygen atoms in total. The Morgan fingerprint density at radius 2 is 1.63 bits per heavy atom. The smallest absolute Gasteiger partial charge is 0.301 e. The van der Waals surface area contributed by atoms with Crippen LogP contribution in [0.25, 0.3) is 16.0 Å². The number of thiazole rings is 1. The number of aromatic nitrogens is 1. The zero-order chi connectivity index (χ0) is 24.7. The Kier molecular flexibility index (Phi) is 5.92. The number of halogens is 1. The van der Waals surface area contributed by atoms with E-state index >= 15 is 0 Å². The fourth-order valence-electron chi connectivity index (χ4n) is 4.02. The van der Waals surface area contributed by atoms with Crippen LogP contribution in [-0.4, -0.2) is 36.0 Å². The Morgan fingerprint density at radius 3 is 2.29 bits per heavy atom. The predicted octanol–water partition coefficient (Wildman–Crippen LogP) is 5.59. The second-order valence-electron chi connectivity index (χ2n) is 7.78. The number of ether oxygens (including phenoxy) is 2. The highest BCUT2D eigenvalue weighted by Crippen LogP contribution is 2.44. The molecule has 0 bridgehead atoms. The summed E-state index contributed by atoms with van der Waals surface area (Å²) in [5, 5.41) is 12.0. The summed E-state index contributed by atoms with van der Waals surface area (Å²) in [5.74, 6) is -0.576. The molecule has 3 aromatic carbocycles. The lowest BCUT2D eigenvalue weighted by atomic mass is 9.95. The van der Waals surface area contributed by atoms with Gasteiger partial charge in [0.25, 0.3) is 5.78 Å². The Labute approximate surface area is 209 Å². The molecular formula is C26H19ClN2O5S. The van der Waals surface area contributed by atoms with E-state index < -0.39 is 17.7 Å². The molecule has 0 radical (unpaired) electrons. The number of carbonyl (C=O) groups is 2. The lowest BCUT2D eigenvalue weighted by Gasteiger charge is -2.23. The van der Waals surface area contributed by atoms with Gasteiger partial charge in [0, 0.05) is 10.6 Å². The molecule has 176 valence electrons. The molecule has 0 aliphatic carbocycles. The second-order valence-corrected chi connectivity index (χ2v) is 9.22. The molecule has 1 aromatic heterocycles. The number of aliphatic hydroxyl groups is 1. The van der Waals surface area contributed by atoms with E-state index in [1.165, 1.54) is 16.2 Å². The minimum Gasteiger partial charge on any atom is -0.507 e. The number of anilines is 1. The van der Waals surface area contributed by atoms with Crippen LogP contribution in [0.5, 0.6) is 11.5 Å². The number of rotatable bonds is 5. The van der Waals surface area contributed by atoms with E-state index in [1.807, 2.05) is 6.07 Å². The van der Waals surface area contributed by atoms with E-state index in [2.05, 4.69) is 4.98 Å². The molecule has 1 atom stereocenters. The third-order valence-electron chi connectivity index (χ3n) is 5.78. The van der Waals surface area contributed by atoms with Crippen molar-refractivity contribution in [3.63, 3.8) is 0 Å². The van der Waals surface area contributed by atoms with Gasteiger partial charge >= 0.3 is 5.91 Å². The third kappa shape index (κ3) is 4.00. The molecule has 1 amide bonds. The maximum atomic E-state index is 13.3. The van der Waals surface area contributed by atoms with E-state index in [-0.39, 0.29) is 11.3 Å². The Hall–Kier alpha value is -3.88.